The standard InChI is InChI=1S/C24H26N4O3S2/c1-32-22-8-4-7-20(14-22)27-24(29)19-12-21(26-17-18-6-5-9-25-16-18)15-23(13-19)33(30,31)28-10-2-3-11-28/h4-9,12-16,26H,2-3,10-11,17H2,1H3,(H,27,29). The van der Waals surface area contributed by atoms with E-state index in [1.165, 1.54) is 10.4 Å². The third-order valence-corrected chi connectivity index (χ3v) is 8.02. The van der Waals surface area contributed by atoms with E-state index in [1.54, 1.807) is 36.3 Å². The molecular formula is C24H26N4O3S2. The summed E-state index contributed by atoms with van der Waals surface area (Å²) >= 11 is 1.58. The lowest BCUT2D eigenvalue weighted by Gasteiger charge is -2.18. The summed E-state index contributed by atoms with van der Waals surface area (Å²) in [6.45, 7) is 1.45. The van der Waals surface area contributed by atoms with Crippen molar-refractivity contribution in [3.8, 4) is 0 Å². The van der Waals surface area contributed by atoms with Crippen molar-refractivity contribution in [1.29, 1.82) is 0 Å². The predicted molar refractivity (Wildman–Crippen MR) is 132 cm³/mol. The number of nitrogens with zero attached hydrogens (tertiary/aromatic N) is 2. The van der Waals surface area contributed by atoms with E-state index < -0.39 is 10.0 Å². The van der Waals surface area contributed by atoms with E-state index >= 15 is 0 Å². The molecule has 0 radical (unpaired) electrons. The molecule has 0 spiro atoms. The molecule has 9 heteroatoms. The van der Waals surface area contributed by atoms with Gasteiger partial charge >= 0.3 is 0 Å². The Morgan fingerprint density at radius 2 is 1.88 bits per heavy atom. The van der Waals surface area contributed by atoms with Gasteiger partial charge in [0.15, 0.2) is 0 Å². The second-order valence-electron chi connectivity index (χ2n) is 7.76. The quantitative estimate of drug-likeness (QED) is 0.461. The van der Waals surface area contributed by atoms with Crippen LogP contribution < -0.4 is 10.6 Å². The van der Waals surface area contributed by atoms with Crippen molar-refractivity contribution in [2.45, 2.75) is 29.2 Å². The van der Waals surface area contributed by atoms with E-state index in [-0.39, 0.29) is 16.4 Å². The van der Waals surface area contributed by atoms with Crippen LogP contribution in [0.2, 0.25) is 0 Å². The number of carbonyl (C=O) groups excluding carboxylic acids is 1. The smallest absolute Gasteiger partial charge is 0.255 e. The molecular weight excluding hydrogens is 456 g/mol. The molecule has 1 saturated heterocycles. The fourth-order valence-electron chi connectivity index (χ4n) is 3.67. The van der Waals surface area contributed by atoms with E-state index in [9.17, 15) is 13.2 Å². The maximum Gasteiger partial charge on any atom is 0.255 e. The van der Waals surface area contributed by atoms with Gasteiger partial charge in [0.2, 0.25) is 10.0 Å². The first-order valence-corrected chi connectivity index (χ1v) is 13.4. The number of nitrogens with one attached hydrogen (secondary N) is 2. The molecule has 2 N–H and O–H groups in total. The number of rotatable bonds is 8. The average Bonchev–Trinajstić information content (AvgIpc) is 3.39. The summed E-state index contributed by atoms with van der Waals surface area (Å²) in [5, 5.41) is 6.12. The number of carbonyl (C=O) groups is 1. The number of benzene rings is 2. The number of anilines is 2. The van der Waals surface area contributed by atoms with Gasteiger partial charge in [0.25, 0.3) is 5.91 Å². The number of hydrogen-bond donors (Lipinski definition) is 2. The highest BCUT2D eigenvalue weighted by Gasteiger charge is 2.28. The molecule has 1 aromatic heterocycles. The van der Waals surface area contributed by atoms with Crippen molar-refractivity contribution in [3.63, 3.8) is 0 Å². The summed E-state index contributed by atoms with van der Waals surface area (Å²) in [6.07, 6.45) is 7.09. The first-order chi connectivity index (χ1) is 16.0. The van der Waals surface area contributed by atoms with Crippen LogP contribution in [0.15, 0.2) is 76.8 Å². The van der Waals surface area contributed by atoms with Gasteiger partial charge < -0.3 is 10.6 Å². The molecule has 172 valence electrons. The number of hydrogen-bond acceptors (Lipinski definition) is 6. The van der Waals surface area contributed by atoms with Gasteiger partial charge in [-0.25, -0.2) is 8.42 Å². The summed E-state index contributed by atoms with van der Waals surface area (Å²) in [5.74, 6) is -0.365. The third-order valence-electron chi connectivity index (χ3n) is 5.42. The summed E-state index contributed by atoms with van der Waals surface area (Å²) in [5.41, 5.74) is 2.44. The largest absolute Gasteiger partial charge is 0.381 e. The van der Waals surface area contributed by atoms with Crippen LogP contribution in [0.3, 0.4) is 0 Å². The molecule has 1 fully saturated rings. The molecule has 1 aliphatic heterocycles. The molecule has 2 heterocycles. The zero-order valence-corrected chi connectivity index (χ0v) is 20.0. The molecule has 2 aromatic carbocycles. The Hall–Kier alpha value is -2.88. The van der Waals surface area contributed by atoms with Crippen LogP contribution in [-0.4, -0.2) is 43.0 Å². The van der Waals surface area contributed by atoms with Crippen LogP contribution in [0.25, 0.3) is 0 Å². The Morgan fingerprint density at radius 1 is 1.06 bits per heavy atom. The second-order valence-corrected chi connectivity index (χ2v) is 10.6. The van der Waals surface area contributed by atoms with Crippen LogP contribution in [0.4, 0.5) is 11.4 Å². The SMILES string of the molecule is CSc1cccc(NC(=O)c2cc(NCc3cccnc3)cc(S(=O)(=O)N3CCCC3)c2)c1. The van der Waals surface area contributed by atoms with Gasteiger partial charge in [0, 0.05) is 53.9 Å². The average molecular weight is 483 g/mol. The summed E-state index contributed by atoms with van der Waals surface area (Å²) in [7, 11) is -3.69. The van der Waals surface area contributed by atoms with Crippen LogP contribution >= 0.6 is 11.8 Å². The minimum Gasteiger partial charge on any atom is -0.381 e. The van der Waals surface area contributed by atoms with Gasteiger partial charge in [0.05, 0.1) is 4.90 Å². The maximum atomic E-state index is 13.2. The minimum absolute atomic E-state index is 0.114. The molecule has 7 nitrogen and oxygen atoms in total. The summed E-state index contributed by atoms with van der Waals surface area (Å²) < 4.78 is 27.9. The molecule has 4 rings (SSSR count). The van der Waals surface area contributed by atoms with E-state index in [0.29, 0.717) is 31.0 Å². The van der Waals surface area contributed by atoms with Crippen molar-refractivity contribution >= 4 is 39.1 Å². The van der Waals surface area contributed by atoms with E-state index in [1.807, 2.05) is 42.7 Å². The summed E-state index contributed by atoms with van der Waals surface area (Å²) in [4.78, 5) is 18.3. The van der Waals surface area contributed by atoms with E-state index in [0.717, 1.165) is 23.3 Å². The Balaban J connectivity index is 1.64. The van der Waals surface area contributed by atoms with Crippen LogP contribution in [-0.2, 0) is 16.6 Å². The Bertz CT molecular complexity index is 1230. The maximum absolute atomic E-state index is 13.2. The number of thioether (sulfide) groups is 1. The lowest BCUT2D eigenvalue weighted by atomic mass is 10.1. The van der Waals surface area contributed by atoms with Crippen molar-refractivity contribution in [1.82, 2.24) is 9.29 Å². The normalized spacial score (nSPS) is 14.2. The fourth-order valence-corrected chi connectivity index (χ4v) is 5.72. The number of amides is 1. The van der Waals surface area contributed by atoms with Gasteiger partial charge in [-0.05, 0) is 67.1 Å². The van der Waals surface area contributed by atoms with Crippen molar-refractivity contribution in [2.24, 2.45) is 0 Å². The Kier molecular flexibility index (Phi) is 7.32. The van der Waals surface area contributed by atoms with E-state index in [4.69, 9.17) is 0 Å². The van der Waals surface area contributed by atoms with Crippen LogP contribution in [0, 0.1) is 0 Å². The molecule has 0 bridgehead atoms. The molecule has 0 unspecified atom stereocenters. The van der Waals surface area contributed by atoms with Crippen molar-refractivity contribution in [2.75, 3.05) is 30.0 Å². The molecule has 0 aliphatic carbocycles. The lowest BCUT2D eigenvalue weighted by Crippen LogP contribution is -2.28. The zero-order valence-electron chi connectivity index (χ0n) is 18.3. The molecule has 0 saturated carbocycles. The number of aromatic nitrogens is 1. The molecule has 33 heavy (non-hydrogen) atoms. The Labute approximate surface area is 198 Å². The third kappa shape index (κ3) is 5.73. The zero-order chi connectivity index (χ0) is 23.3. The topological polar surface area (TPSA) is 91.4 Å². The lowest BCUT2D eigenvalue weighted by molar-refractivity contribution is 0.102. The van der Waals surface area contributed by atoms with Crippen LogP contribution in [0.5, 0.6) is 0 Å². The number of pyridine rings is 1. The highest BCUT2D eigenvalue weighted by Crippen LogP contribution is 2.26. The van der Waals surface area contributed by atoms with Crippen molar-refractivity contribution < 1.29 is 13.2 Å². The van der Waals surface area contributed by atoms with Crippen LogP contribution in [0.1, 0.15) is 28.8 Å². The van der Waals surface area contributed by atoms with Gasteiger partial charge in [0.1, 0.15) is 0 Å². The van der Waals surface area contributed by atoms with Gasteiger partial charge in [-0.2, -0.15) is 4.31 Å². The molecule has 3 aromatic rings. The first kappa shape index (κ1) is 23.3. The minimum atomic E-state index is -3.69. The van der Waals surface area contributed by atoms with Gasteiger partial charge in [-0.1, -0.05) is 12.1 Å². The first-order valence-electron chi connectivity index (χ1n) is 10.7. The Morgan fingerprint density at radius 3 is 2.61 bits per heavy atom. The second kappa shape index (κ2) is 10.4. The summed E-state index contributed by atoms with van der Waals surface area (Å²) in [6, 6.07) is 16.0. The van der Waals surface area contributed by atoms with E-state index in [2.05, 4.69) is 15.6 Å². The van der Waals surface area contributed by atoms with Gasteiger partial charge in [-0.3, -0.25) is 9.78 Å². The predicted octanol–water partition coefficient (Wildman–Crippen LogP) is 4.45. The molecule has 1 aliphatic rings. The highest BCUT2D eigenvalue weighted by molar-refractivity contribution is 7.98. The monoisotopic (exact) mass is 482 g/mol. The van der Waals surface area contributed by atoms with Gasteiger partial charge in [-0.15, -0.1) is 11.8 Å². The number of sulfonamides is 1. The van der Waals surface area contributed by atoms with Crippen molar-refractivity contribution in [3.05, 3.63) is 78.1 Å². The molecule has 0 atom stereocenters. The highest BCUT2D eigenvalue weighted by atomic mass is 32.2. The molecule has 1 amide bonds. The fraction of sp³-hybridized carbons (Fsp3) is 0.250.